The molecule has 0 unspecified atom stereocenters. The number of rotatable bonds is 6. The first-order valence-electron chi connectivity index (χ1n) is 10.3. The number of methoxy groups -OCH3 is 1. The van der Waals surface area contributed by atoms with Crippen molar-refractivity contribution in [3.63, 3.8) is 0 Å². The maximum absolute atomic E-state index is 13.1. The van der Waals surface area contributed by atoms with E-state index in [0.29, 0.717) is 19.4 Å². The molecule has 160 valence electrons. The number of ether oxygens (including phenoxy) is 1. The molecule has 0 saturated carbocycles. The van der Waals surface area contributed by atoms with Gasteiger partial charge < -0.3 is 20.5 Å². The lowest BCUT2D eigenvalue weighted by Crippen LogP contribution is -2.58. The Hall–Kier alpha value is -2.86. The van der Waals surface area contributed by atoms with Crippen LogP contribution in [-0.4, -0.2) is 42.7 Å². The number of hydrogen-bond acceptors (Lipinski definition) is 5. The first-order chi connectivity index (χ1) is 14.3. The molecule has 0 radical (unpaired) electrons. The predicted octanol–water partition coefficient (Wildman–Crippen LogP) is 2.55. The standard InChI is InChI=1S/C24H30N2O4/c1-16-15-25-21(14-24(16,2)18-10-7-11-19(27)13-18)22(28)26-20(23(29)30-3)12-17-8-5-4-6-9-17/h4-11,13,16,20-21,25,27H,12,14-15H2,1-3H3,(H,26,28)/t16-,20-,21+,24+/m0/s1. The Morgan fingerprint density at radius 2 is 1.97 bits per heavy atom. The molecule has 0 aromatic heterocycles. The smallest absolute Gasteiger partial charge is 0.328 e. The predicted molar refractivity (Wildman–Crippen MR) is 115 cm³/mol. The largest absolute Gasteiger partial charge is 0.508 e. The van der Waals surface area contributed by atoms with Crippen LogP contribution in [0.15, 0.2) is 54.6 Å². The normalized spacial score (nSPS) is 24.6. The van der Waals surface area contributed by atoms with Gasteiger partial charge in [0.25, 0.3) is 0 Å². The number of carbonyl (C=O) groups is 2. The number of carbonyl (C=O) groups excluding carboxylic acids is 2. The number of amides is 1. The van der Waals surface area contributed by atoms with Crippen LogP contribution in [0.4, 0.5) is 0 Å². The van der Waals surface area contributed by atoms with E-state index in [1.807, 2.05) is 42.5 Å². The van der Waals surface area contributed by atoms with Crippen molar-refractivity contribution in [3.8, 4) is 5.75 Å². The lowest BCUT2D eigenvalue weighted by molar-refractivity contribution is -0.145. The SMILES string of the molecule is COC(=O)[C@H](Cc1ccccc1)NC(=O)[C@H]1C[C@@](C)(c2cccc(O)c2)[C@@H](C)CN1. The van der Waals surface area contributed by atoms with Gasteiger partial charge in [0.05, 0.1) is 13.2 Å². The van der Waals surface area contributed by atoms with Gasteiger partial charge in [-0.05, 0) is 47.6 Å². The summed E-state index contributed by atoms with van der Waals surface area (Å²) in [5, 5.41) is 16.1. The van der Waals surface area contributed by atoms with Gasteiger partial charge in [-0.3, -0.25) is 4.79 Å². The number of esters is 1. The van der Waals surface area contributed by atoms with E-state index in [1.54, 1.807) is 12.1 Å². The van der Waals surface area contributed by atoms with Crippen LogP contribution >= 0.6 is 0 Å². The average Bonchev–Trinajstić information content (AvgIpc) is 2.75. The summed E-state index contributed by atoms with van der Waals surface area (Å²) in [6, 6.07) is 15.6. The molecule has 6 heteroatoms. The Labute approximate surface area is 177 Å². The van der Waals surface area contributed by atoms with Gasteiger partial charge in [0, 0.05) is 6.42 Å². The second-order valence-corrected chi connectivity index (χ2v) is 8.31. The maximum Gasteiger partial charge on any atom is 0.328 e. The van der Waals surface area contributed by atoms with Crippen LogP contribution in [0, 0.1) is 5.92 Å². The molecule has 30 heavy (non-hydrogen) atoms. The molecular weight excluding hydrogens is 380 g/mol. The van der Waals surface area contributed by atoms with Crippen LogP contribution in [-0.2, 0) is 26.2 Å². The molecule has 0 bridgehead atoms. The summed E-state index contributed by atoms with van der Waals surface area (Å²) < 4.78 is 4.91. The molecule has 6 nitrogen and oxygen atoms in total. The Morgan fingerprint density at radius 3 is 2.63 bits per heavy atom. The summed E-state index contributed by atoms with van der Waals surface area (Å²) in [6.45, 7) is 4.92. The monoisotopic (exact) mass is 410 g/mol. The molecule has 0 aliphatic carbocycles. The molecule has 2 aromatic carbocycles. The van der Waals surface area contributed by atoms with Crippen LogP contribution < -0.4 is 10.6 Å². The summed E-state index contributed by atoms with van der Waals surface area (Å²) in [6.07, 6.45) is 0.925. The molecular formula is C24H30N2O4. The quantitative estimate of drug-likeness (QED) is 0.637. The zero-order chi connectivity index (χ0) is 21.7. The van der Waals surface area contributed by atoms with Crippen LogP contribution in [0.5, 0.6) is 5.75 Å². The Morgan fingerprint density at radius 1 is 1.23 bits per heavy atom. The third-order valence-corrected chi connectivity index (χ3v) is 6.29. The zero-order valence-electron chi connectivity index (χ0n) is 17.7. The minimum Gasteiger partial charge on any atom is -0.508 e. The summed E-state index contributed by atoms with van der Waals surface area (Å²) in [5.41, 5.74) is 1.66. The van der Waals surface area contributed by atoms with Gasteiger partial charge in [0.15, 0.2) is 0 Å². The van der Waals surface area contributed by atoms with Crippen molar-refractivity contribution in [2.75, 3.05) is 13.7 Å². The lowest BCUT2D eigenvalue weighted by Gasteiger charge is -2.44. The van der Waals surface area contributed by atoms with Gasteiger partial charge in [-0.25, -0.2) is 4.79 Å². The van der Waals surface area contributed by atoms with Gasteiger partial charge in [-0.1, -0.05) is 56.3 Å². The molecule has 1 fully saturated rings. The minimum absolute atomic E-state index is 0.217. The minimum atomic E-state index is -0.752. The second-order valence-electron chi connectivity index (χ2n) is 8.31. The van der Waals surface area contributed by atoms with E-state index < -0.39 is 18.1 Å². The summed E-state index contributed by atoms with van der Waals surface area (Å²) >= 11 is 0. The Balaban J connectivity index is 1.75. The van der Waals surface area contributed by atoms with Crippen LogP contribution in [0.1, 0.15) is 31.4 Å². The Bertz CT molecular complexity index is 886. The fourth-order valence-corrected chi connectivity index (χ4v) is 4.15. The molecule has 1 aliphatic rings. The van der Waals surface area contributed by atoms with E-state index in [2.05, 4.69) is 24.5 Å². The van der Waals surface area contributed by atoms with Gasteiger partial charge in [0.2, 0.25) is 5.91 Å². The third-order valence-electron chi connectivity index (χ3n) is 6.29. The van der Waals surface area contributed by atoms with Crippen LogP contribution in [0.25, 0.3) is 0 Å². The van der Waals surface area contributed by atoms with Crippen molar-refractivity contribution in [2.24, 2.45) is 5.92 Å². The van der Waals surface area contributed by atoms with Crippen LogP contribution in [0.2, 0.25) is 0 Å². The van der Waals surface area contributed by atoms with Crippen molar-refractivity contribution in [2.45, 2.75) is 44.2 Å². The van der Waals surface area contributed by atoms with Gasteiger partial charge in [-0.15, -0.1) is 0 Å². The molecule has 1 heterocycles. The fraction of sp³-hybridized carbons (Fsp3) is 0.417. The van der Waals surface area contributed by atoms with E-state index in [4.69, 9.17) is 4.74 Å². The molecule has 2 aromatic rings. The van der Waals surface area contributed by atoms with E-state index in [0.717, 1.165) is 11.1 Å². The highest BCUT2D eigenvalue weighted by Crippen LogP contribution is 2.40. The van der Waals surface area contributed by atoms with Crippen molar-refractivity contribution in [3.05, 3.63) is 65.7 Å². The average molecular weight is 411 g/mol. The van der Waals surface area contributed by atoms with Gasteiger partial charge in [0.1, 0.15) is 11.8 Å². The number of nitrogens with one attached hydrogen (secondary N) is 2. The number of hydrogen-bond donors (Lipinski definition) is 3. The van der Waals surface area contributed by atoms with Gasteiger partial charge >= 0.3 is 5.97 Å². The lowest BCUT2D eigenvalue weighted by atomic mass is 9.66. The van der Waals surface area contributed by atoms with Crippen LogP contribution in [0.3, 0.4) is 0 Å². The van der Waals surface area contributed by atoms with Crippen molar-refractivity contribution < 1.29 is 19.4 Å². The highest BCUT2D eigenvalue weighted by Gasteiger charge is 2.42. The van der Waals surface area contributed by atoms with Gasteiger partial charge in [-0.2, -0.15) is 0 Å². The Kier molecular flexibility index (Phi) is 6.77. The van der Waals surface area contributed by atoms with E-state index >= 15 is 0 Å². The third kappa shape index (κ3) is 4.82. The topological polar surface area (TPSA) is 87.7 Å². The van der Waals surface area contributed by atoms with E-state index in [9.17, 15) is 14.7 Å². The number of phenolic OH excluding ortho intramolecular Hbond substituents is 1. The molecule has 4 atom stereocenters. The summed E-state index contributed by atoms with van der Waals surface area (Å²) in [7, 11) is 1.33. The van der Waals surface area contributed by atoms with E-state index in [-0.39, 0.29) is 23.0 Å². The maximum atomic E-state index is 13.1. The highest BCUT2D eigenvalue weighted by atomic mass is 16.5. The summed E-state index contributed by atoms with van der Waals surface area (Å²) in [4.78, 5) is 25.4. The molecule has 3 rings (SSSR count). The molecule has 1 aliphatic heterocycles. The molecule has 3 N–H and O–H groups in total. The van der Waals surface area contributed by atoms with Crippen molar-refractivity contribution in [1.82, 2.24) is 10.6 Å². The number of piperidine rings is 1. The molecule has 0 spiro atoms. The molecule has 1 amide bonds. The number of phenols is 1. The number of benzene rings is 2. The van der Waals surface area contributed by atoms with E-state index in [1.165, 1.54) is 7.11 Å². The highest BCUT2D eigenvalue weighted by molar-refractivity contribution is 5.88. The van der Waals surface area contributed by atoms with Crippen molar-refractivity contribution >= 4 is 11.9 Å². The first kappa shape index (κ1) is 21.8. The van der Waals surface area contributed by atoms with Crippen molar-refractivity contribution in [1.29, 1.82) is 0 Å². The molecule has 1 saturated heterocycles. The fourth-order valence-electron chi connectivity index (χ4n) is 4.15. The number of aromatic hydroxyl groups is 1. The first-order valence-corrected chi connectivity index (χ1v) is 10.3. The zero-order valence-corrected chi connectivity index (χ0v) is 17.7. The second kappa shape index (κ2) is 9.30. The summed E-state index contributed by atoms with van der Waals surface area (Å²) in [5.74, 6) is -0.204.